The van der Waals surface area contributed by atoms with Gasteiger partial charge in [0.05, 0.1) is 6.61 Å². The van der Waals surface area contributed by atoms with Crippen LogP contribution < -0.4 is 5.73 Å². The van der Waals surface area contributed by atoms with Gasteiger partial charge in [-0.3, -0.25) is 4.79 Å². The van der Waals surface area contributed by atoms with Crippen LogP contribution in [-0.2, 0) is 4.79 Å². The van der Waals surface area contributed by atoms with Crippen LogP contribution in [0.15, 0.2) is 0 Å². The highest BCUT2D eigenvalue weighted by atomic mass is 16.4. The fourth-order valence-corrected chi connectivity index (χ4v) is 1.34. The Morgan fingerprint density at radius 3 is 1.69 bits per heavy atom. The molecule has 4 heteroatoms. The minimum atomic E-state index is -0.833. The summed E-state index contributed by atoms with van der Waals surface area (Å²) in [6, 6.07) is 0. The molecule has 0 saturated heterocycles. The van der Waals surface area contributed by atoms with Crippen LogP contribution in [0, 0.1) is 0 Å². The van der Waals surface area contributed by atoms with Crippen LogP contribution in [0.25, 0.3) is 0 Å². The average molecular weight is 233 g/mol. The largest absolute Gasteiger partial charge is 0.481 e. The van der Waals surface area contributed by atoms with Crippen LogP contribution in [0.2, 0.25) is 0 Å². The minimum Gasteiger partial charge on any atom is -0.481 e. The Hall–Kier alpha value is -0.610. The monoisotopic (exact) mass is 233 g/mol. The van der Waals surface area contributed by atoms with E-state index in [2.05, 4.69) is 13.8 Å². The quantitative estimate of drug-likeness (QED) is 0.629. The van der Waals surface area contributed by atoms with Crippen molar-refractivity contribution in [2.24, 2.45) is 5.73 Å². The molecule has 98 valence electrons. The van der Waals surface area contributed by atoms with Crippen molar-refractivity contribution in [3.05, 3.63) is 0 Å². The van der Waals surface area contributed by atoms with Gasteiger partial charge in [-0.2, -0.15) is 0 Å². The Kier molecular flexibility index (Phi) is 12.1. The lowest BCUT2D eigenvalue weighted by Gasteiger charge is -2.26. The van der Waals surface area contributed by atoms with E-state index in [0.29, 0.717) is 0 Å². The Bertz CT molecular complexity index is 160. The topological polar surface area (TPSA) is 83.5 Å². The van der Waals surface area contributed by atoms with Crippen LogP contribution in [0.1, 0.15) is 59.3 Å². The predicted molar refractivity (Wildman–Crippen MR) is 66.4 cm³/mol. The maximum atomic E-state index is 9.11. The fourth-order valence-electron chi connectivity index (χ4n) is 1.34. The molecule has 0 unspecified atom stereocenters. The molecule has 0 heterocycles. The smallest absolute Gasteiger partial charge is 0.300 e. The van der Waals surface area contributed by atoms with Gasteiger partial charge in [-0.25, -0.2) is 0 Å². The van der Waals surface area contributed by atoms with E-state index in [9.17, 15) is 0 Å². The van der Waals surface area contributed by atoms with Gasteiger partial charge < -0.3 is 15.9 Å². The van der Waals surface area contributed by atoms with E-state index in [-0.39, 0.29) is 12.1 Å². The number of aliphatic hydroxyl groups is 1. The third kappa shape index (κ3) is 13.4. The molecule has 4 N–H and O–H groups in total. The van der Waals surface area contributed by atoms with Gasteiger partial charge in [-0.1, -0.05) is 39.5 Å². The molecular formula is C12H27NO3. The normalized spacial score (nSPS) is 10.6. The highest BCUT2D eigenvalue weighted by Gasteiger charge is 2.21. The molecule has 0 rings (SSSR count). The maximum Gasteiger partial charge on any atom is 0.300 e. The lowest BCUT2D eigenvalue weighted by molar-refractivity contribution is -0.134. The first-order valence-corrected chi connectivity index (χ1v) is 6.01. The van der Waals surface area contributed by atoms with Gasteiger partial charge >= 0.3 is 0 Å². The number of aliphatic carboxylic acids is 1. The Labute approximate surface area is 98.8 Å². The zero-order valence-corrected chi connectivity index (χ0v) is 10.8. The first-order chi connectivity index (χ1) is 7.41. The molecule has 0 saturated carbocycles. The molecule has 0 atom stereocenters. The summed E-state index contributed by atoms with van der Waals surface area (Å²) in [7, 11) is 0. The molecule has 0 amide bonds. The van der Waals surface area contributed by atoms with Crippen molar-refractivity contribution < 1.29 is 15.0 Å². The molecule has 0 aliphatic rings. The van der Waals surface area contributed by atoms with Crippen LogP contribution in [0.5, 0.6) is 0 Å². The fraction of sp³-hybridized carbons (Fsp3) is 0.917. The van der Waals surface area contributed by atoms with Gasteiger partial charge in [0.1, 0.15) is 0 Å². The SMILES string of the molecule is CC(=O)O.CCCCC(N)(CO)CCCC. The molecule has 0 spiro atoms. The van der Waals surface area contributed by atoms with Gasteiger partial charge in [0.2, 0.25) is 0 Å². The van der Waals surface area contributed by atoms with E-state index in [0.717, 1.165) is 45.4 Å². The minimum absolute atomic E-state index is 0.132. The molecule has 0 bridgehead atoms. The molecule has 0 aromatic heterocycles. The Morgan fingerprint density at radius 2 is 1.50 bits per heavy atom. The standard InChI is InChI=1S/C10H23NO.C2H4O2/c1-3-5-7-10(11,9-12)8-6-4-2;1-2(3)4/h12H,3-9,11H2,1-2H3;1H3,(H,3,4). The van der Waals surface area contributed by atoms with Gasteiger partial charge in [-0.15, -0.1) is 0 Å². The predicted octanol–water partition coefficient (Wildman–Crippen LogP) is 2.15. The van der Waals surface area contributed by atoms with Crippen molar-refractivity contribution in [2.45, 2.75) is 64.8 Å². The van der Waals surface area contributed by atoms with E-state index in [1.807, 2.05) is 0 Å². The molecule has 0 radical (unpaired) electrons. The third-order valence-electron chi connectivity index (χ3n) is 2.37. The number of hydrogen-bond donors (Lipinski definition) is 3. The van der Waals surface area contributed by atoms with E-state index in [4.69, 9.17) is 20.7 Å². The zero-order valence-electron chi connectivity index (χ0n) is 10.8. The zero-order chi connectivity index (χ0) is 13.0. The molecular weight excluding hydrogens is 206 g/mol. The van der Waals surface area contributed by atoms with E-state index >= 15 is 0 Å². The third-order valence-corrected chi connectivity index (χ3v) is 2.37. The van der Waals surface area contributed by atoms with Gasteiger partial charge in [0, 0.05) is 12.5 Å². The molecule has 0 aliphatic carbocycles. The molecule has 0 aliphatic heterocycles. The summed E-state index contributed by atoms with van der Waals surface area (Å²) in [4.78, 5) is 9.00. The second-order valence-electron chi connectivity index (χ2n) is 4.25. The van der Waals surface area contributed by atoms with Gasteiger partial charge in [0.15, 0.2) is 0 Å². The van der Waals surface area contributed by atoms with E-state index in [1.54, 1.807) is 0 Å². The average Bonchev–Trinajstić information content (AvgIpc) is 2.23. The molecule has 16 heavy (non-hydrogen) atoms. The van der Waals surface area contributed by atoms with Crippen molar-refractivity contribution >= 4 is 5.97 Å². The highest BCUT2D eigenvalue weighted by Crippen LogP contribution is 2.17. The summed E-state index contributed by atoms with van der Waals surface area (Å²) in [6.45, 7) is 5.52. The number of unbranched alkanes of at least 4 members (excludes halogenated alkanes) is 2. The number of carbonyl (C=O) groups is 1. The first-order valence-electron chi connectivity index (χ1n) is 6.01. The molecule has 0 fully saturated rings. The van der Waals surface area contributed by atoms with Crippen molar-refractivity contribution in [1.29, 1.82) is 0 Å². The molecule has 4 nitrogen and oxygen atoms in total. The lowest BCUT2D eigenvalue weighted by atomic mass is 9.89. The highest BCUT2D eigenvalue weighted by molar-refractivity contribution is 5.62. The summed E-state index contributed by atoms with van der Waals surface area (Å²) < 4.78 is 0. The number of hydrogen-bond acceptors (Lipinski definition) is 3. The molecule has 0 aromatic rings. The van der Waals surface area contributed by atoms with Gasteiger partial charge in [0.25, 0.3) is 5.97 Å². The van der Waals surface area contributed by atoms with Gasteiger partial charge in [-0.05, 0) is 12.8 Å². The first kappa shape index (κ1) is 17.8. The van der Waals surface area contributed by atoms with Crippen LogP contribution in [0.4, 0.5) is 0 Å². The van der Waals surface area contributed by atoms with E-state index in [1.165, 1.54) is 0 Å². The number of nitrogens with two attached hydrogens (primary N) is 1. The summed E-state index contributed by atoms with van der Waals surface area (Å²) in [5, 5.41) is 16.5. The number of aliphatic hydroxyl groups excluding tert-OH is 1. The Morgan fingerprint density at radius 1 is 1.19 bits per heavy atom. The van der Waals surface area contributed by atoms with E-state index < -0.39 is 5.97 Å². The van der Waals surface area contributed by atoms with Crippen molar-refractivity contribution in [3.8, 4) is 0 Å². The number of carboxylic acid groups (broad SMARTS) is 1. The summed E-state index contributed by atoms with van der Waals surface area (Å²) in [5.74, 6) is -0.833. The number of carboxylic acids is 1. The summed E-state index contributed by atoms with van der Waals surface area (Å²) in [5.41, 5.74) is 5.72. The number of rotatable bonds is 7. The summed E-state index contributed by atoms with van der Waals surface area (Å²) in [6.07, 6.45) is 6.48. The molecule has 0 aromatic carbocycles. The lowest BCUT2D eigenvalue weighted by Crippen LogP contribution is -2.43. The Balaban J connectivity index is 0. The van der Waals surface area contributed by atoms with Crippen LogP contribution in [0.3, 0.4) is 0 Å². The van der Waals surface area contributed by atoms with Crippen LogP contribution >= 0.6 is 0 Å². The second-order valence-corrected chi connectivity index (χ2v) is 4.25. The second kappa shape index (κ2) is 10.9. The maximum absolute atomic E-state index is 9.11. The van der Waals surface area contributed by atoms with Crippen molar-refractivity contribution in [1.82, 2.24) is 0 Å². The van der Waals surface area contributed by atoms with Crippen LogP contribution in [-0.4, -0.2) is 28.3 Å². The van der Waals surface area contributed by atoms with Crippen molar-refractivity contribution in [3.63, 3.8) is 0 Å². The van der Waals surface area contributed by atoms with Crippen molar-refractivity contribution in [2.75, 3.05) is 6.61 Å². The summed E-state index contributed by atoms with van der Waals surface area (Å²) >= 11 is 0.